The number of carbonyl (C=O) groups excluding carboxylic acids is 1. The number of hydrogen-bond acceptors (Lipinski definition) is 4. The Kier molecular flexibility index (Phi) is 3.54. The van der Waals surface area contributed by atoms with Gasteiger partial charge in [-0.15, -0.1) is 0 Å². The highest BCUT2D eigenvalue weighted by Crippen LogP contribution is 2.52. The molecule has 4 rings (SSSR count). The Morgan fingerprint density at radius 2 is 1.81 bits per heavy atom. The number of rotatable bonds is 3. The fourth-order valence-corrected chi connectivity index (χ4v) is 3.76. The Bertz CT molecular complexity index is 916. The molecule has 0 bridgehead atoms. The van der Waals surface area contributed by atoms with Gasteiger partial charge >= 0.3 is 5.97 Å². The molecule has 1 N–H and O–H groups in total. The van der Waals surface area contributed by atoms with Crippen LogP contribution in [0.5, 0.6) is 0 Å². The molecule has 2 aliphatic rings. The average molecular weight is 352 g/mol. The molecular weight excluding hydrogens is 336 g/mol. The maximum absolute atomic E-state index is 13.0. The van der Waals surface area contributed by atoms with Crippen LogP contribution in [0.3, 0.4) is 0 Å². The van der Waals surface area contributed by atoms with Crippen LogP contribution in [-0.4, -0.2) is 33.4 Å². The summed E-state index contributed by atoms with van der Waals surface area (Å²) < 4.78 is 0. The Balaban J connectivity index is 1.71. The van der Waals surface area contributed by atoms with E-state index in [2.05, 4.69) is 6.07 Å². The van der Waals surface area contributed by atoms with E-state index in [-0.39, 0.29) is 22.4 Å². The first-order valence-electron chi connectivity index (χ1n) is 8.30. The van der Waals surface area contributed by atoms with E-state index in [1.807, 2.05) is 18.2 Å². The molecule has 2 aromatic carbocycles. The minimum atomic E-state index is -1.30. The van der Waals surface area contributed by atoms with Crippen molar-refractivity contribution >= 4 is 17.6 Å². The van der Waals surface area contributed by atoms with E-state index < -0.39 is 16.6 Å². The molecule has 1 saturated carbocycles. The highest BCUT2D eigenvalue weighted by Gasteiger charge is 2.49. The molecule has 1 fully saturated rings. The van der Waals surface area contributed by atoms with E-state index >= 15 is 0 Å². The first-order chi connectivity index (χ1) is 12.4. The number of hydrogen-bond donors (Lipinski definition) is 1. The Morgan fingerprint density at radius 3 is 2.46 bits per heavy atom. The van der Waals surface area contributed by atoms with E-state index in [1.54, 1.807) is 4.90 Å². The zero-order chi connectivity index (χ0) is 18.5. The summed E-state index contributed by atoms with van der Waals surface area (Å²) in [5.41, 5.74) is 1.70. The van der Waals surface area contributed by atoms with Crippen molar-refractivity contribution in [2.24, 2.45) is 0 Å². The van der Waals surface area contributed by atoms with Crippen molar-refractivity contribution < 1.29 is 19.6 Å². The van der Waals surface area contributed by atoms with Crippen LogP contribution in [0.25, 0.3) is 0 Å². The topological polar surface area (TPSA) is 101 Å². The van der Waals surface area contributed by atoms with Gasteiger partial charge < -0.3 is 10.0 Å². The molecular formula is C19H16N2O5. The highest BCUT2D eigenvalue weighted by molar-refractivity contribution is 5.98. The molecule has 0 aromatic heterocycles. The van der Waals surface area contributed by atoms with Gasteiger partial charge in [0.2, 0.25) is 0 Å². The number of carbonyl (C=O) groups is 2. The summed E-state index contributed by atoms with van der Waals surface area (Å²) in [5.74, 6) is -1.68. The Morgan fingerprint density at radius 1 is 1.12 bits per heavy atom. The SMILES string of the molecule is O=C(O)c1cc(C(=O)N2Cc3ccccc3C3(CC3)C2)cc([N+](=O)[O-])c1. The molecule has 1 spiro atoms. The van der Waals surface area contributed by atoms with Crippen LogP contribution in [0, 0.1) is 10.1 Å². The predicted octanol–water partition coefficient (Wildman–Crippen LogP) is 2.98. The van der Waals surface area contributed by atoms with Crippen LogP contribution in [0.4, 0.5) is 5.69 Å². The van der Waals surface area contributed by atoms with Crippen molar-refractivity contribution in [1.82, 2.24) is 4.90 Å². The Labute approximate surface area is 149 Å². The fraction of sp³-hybridized carbons (Fsp3) is 0.263. The predicted molar refractivity (Wildman–Crippen MR) is 92.2 cm³/mol. The van der Waals surface area contributed by atoms with Crippen molar-refractivity contribution in [1.29, 1.82) is 0 Å². The summed E-state index contributed by atoms with van der Waals surface area (Å²) in [6.45, 7) is 0.968. The van der Waals surface area contributed by atoms with Gasteiger partial charge in [0, 0.05) is 36.2 Å². The lowest BCUT2D eigenvalue weighted by Gasteiger charge is -2.35. The number of aromatic carboxylic acids is 1. The van der Waals surface area contributed by atoms with Crippen LogP contribution >= 0.6 is 0 Å². The van der Waals surface area contributed by atoms with Gasteiger partial charge in [-0.1, -0.05) is 24.3 Å². The van der Waals surface area contributed by atoms with Crippen molar-refractivity contribution in [2.75, 3.05) is 6.54 Å². The van der Waals surface area contributed by atoms with Gasteiger partial charge in [-0.05, 0) is 30.0 Å². The maximum Gasteiger partial charge on any atom is 0.335 e. The summed E-state index contributed by atoms with van der Waals surface area (Å²) in [4.78, 5) is 36.3. The third-order valence-corrected chi connectivity index (χ3v) is 5.21. The quantitative estimate of drug-likeness (QED) is 0.676. The van der Waals surface area contributed by atoms with Crippen LogP contribution in [0.2, 0.25) is 0 Å². The van der Waals surface area contributed by atoms with Gasteiger partial charge in [-0.3, -0.25) is 14.9 Å². The number of nitro groups is 1. The zero-order valence-corrected chi connectivity index (χ0v) is 13.8. The van der Waals surface area contributed by atoms with Crippen LogP contribution in [0.1, 0.15) is 44.7 Å². The third-order valence-electron chi connectivity index (χ3n) is 5.21. The first kappa shape index (κ1) is 16.3. The molecule has 7 heteroatoms. The molecule has 1 heterocycles. The lowest BCUT2D eigenvalue weighted by molar-refractivity contribution is -0.384. The first-order valence-corrected chi connectivity index (χ1v) is 8.30. The van der Waals surface area contributed by atoms with E-state index in [4.69, 9.17) is 0 Å². The maximum atomic E-state index is 13.0. The van der Waals surface area contributed by atoms with Gasteiger partial charge in [-0.2, -0.15) is 0 Å². The normalized spacial score (nSPS) is 16.8. The van der Waals surface area contributed by atoms with E-state index in [0.717, 1.165) is 30.5 Å². The van der Waals surface area contributed by atoms with E-state index in [9.17, 15) is 24.8 Å². The third kappa shape index (κ3) is 2.61. The number of carboxylic acid groups (broad SMARTS) is 1. The molecule has 1 amide bonds. The second-order valence-corrected chi connectivity index (χ2v) is 6.93. The van der Waals surface area contributed by atoms with Crippen LogP contribution in [-0.2, 0) is 12.0 Å². The molecule has 0 radical (unpaired) electrons. The minimum Gasteiger partial charge on any atom is -0.478 e. The van der Waals surface area contributed by atoms with Gasteiger partial charge in [0.25, 0.3) is 11.6 Å². The summed E-state index contributed by atoms with van der Waals surface area (Å²) >= 11 is 0. The summed E-state index contributed by atoms with van der Waals surface area (Å²) in [6, 6.07) is 11.3. The van der Waals surface area contributed by atoms with Gasteiger partial charge in [0.05, 0.1) is 10.5 Å². The molecule has 0 unspecified atom stereocenters. The van der Waals surface area contributed by atoms with Gasteiger partial charge in [0.15, 0.2) is 0 Å². The molecule has 7 nitrogen and oxygen atoms in total. The molecule has 2 aromatic rings. The molecule has 0 atom stereocenters. The highest BCUT2D eigenvalue weighted by atomic mass is 16.6. The van der Waals surface area contributed by atoms with Crippen molar-refractivity contribution in [2.45, 2.75) is 24.8 Å². The summed E-state index contributed by atoms with van der Waals surface area (Å²) in [7, 11) is 0. The van der Waals surface area contributed by atoms with Crippen molar-refractivity contribution in [3.63, 3.8) is 0 Å². The van der Waals surface area contributed by atoms with Crippen molar-refractivity contribution in [3.8, 4) is 0 Å². The van der Waals surface area contributed by atoms with E-state index in [1.165, 1.54) is 11.6 Å². The zero-order valence-electron chi connectivity index (χ0n) is 13.8. The number of fused-ring (bicyclic) bond motifs is 2. The Hall–Kier alpha value is -3.22. The van der Waals surface area contributed by atoms with Gasteiger partial charge in [0.1, 0.15) is 0 Å². The molecule has 1 aliphatic heterocycles. The largest absolute Gasteiger partial charge is 0.478 e. The summed E-state index contributed by atoms with van der Waals surface area (Å²) in [5, 5.41) is 20.3. The number of nitro benzene ring substituents is 1. The fourth-order valence-electron chi connectivity index (χ4n) is 3.76. The number of non-ortho nitro benzene ring substituents is 1. The number of amides is 1. The van der Waals surface area contributed by atoms with Crippen LogP contribution in [0.15, 0.2) is 42.5 Å². The lowest BCUT2D eigenvalue weighted by atomic mass is 9.86. The second-order valence-electron chi connectivity index (χ2n) is 6.93. The smallest absolute Gasteiger partial charge is 0.335 e. The number of benzene rings is 2. The number of carboxylic acids is 1. The van der Waals surface area contributed by atoms with Crippen LogP contribution < -0.4 is 0 Å². The molecule has 1 aliphatic carbocycles. The second kappa shape index (κ2) is 5.66. The average Bonchev–Trinajstić information content (AvgIpc) is 3.40. The molecule has 0 saturated heterocycles. The van der Waals surface area contributed by atoms with E-state index in [0.29, 0.717) is 13.1 Å². The standard InChI is InChI=1S/C19H16N2O5/c22-17(13-7-14(18(23)24)9-15(8-13)21(25)26)20-10-12-3-1-2-4-16(12)19(11-20)5-6-19/h1-4,7-9H,5-6,10-11H2,(H,23,24). The lowest BCUT2D eigenvalue weighted by Crippen LogP contribution is -2.41. The minimum absolute atomic E-state index is 0.0269. The number of nitrogens with zero attached hydrogens (tertiary/aromatic N) is 2. The van der Waals surface area contributed by atoms with Crippen molar-refractivity contribution in [3.05, 3.63) is 74.8 Å². The molecule has 26 heavy (non-hydrogen) atoms. The monoisotopic (exact) mass is 352 g/mol. The summed E-state index contributed by atoms with van der Waals surface area (Å²) in [6.07, 6.45) is 2.01. The molecule has 132 valence electrons. The van der Waals surface area contributed by atoms with Gasteiger partial charge in [-0.25, -0.2) is 4.79 Å².